The van der Waals surface area contributed by atoms with Gasteiger partial charge in [0, 0.05) is 17.3 Å². The number of aromatic nitrogens is 1. The molecule has 3 rings (SSSR count). The molecule has 114 valence electrons. The maximum absolute atomic E-state index is 12.4. The maximum atomic E-state index is 12.4. The van der Waals surface area contributed by atoms with E-state index in [0.717, 1.165) is 11.3 Å². The van der Waals surface area contributed by atoms with E-state index < -0.39 is 12.2 Å². The van der Waals surface area contributed by atoms with Crippen LogP contribution in [0.4, 0.5) is 8.78 Å². The molecule has 1 aliphatic rings. The van der Waals surface area contributed by atoms with E-state index in [-0.39, 0.29) is 5.75 Å². The molecule has 0 amide bonds. The molecule has 2 aromatic rings. The van der Waals surface area contributed by atoms with Crippen molar-refractivity contribution in [1.82, 2.24) is 4.98 Å². The van der Waals surface area contributed by atoms with Crippen LogP contribution in [-0.4, -0.2) is 17.2 Å². The normalized spacial score (nSPS) is 15.8. The van der Waals surface area contributed by atoms with E-state index in [1.54, 1.807) is 18.3 Å². The van der Waals surface area contributed by atoms with Gasteiger partial charge in [-0.05, 0) is 50.3 Å². The summed E-state index contributed by atoms with van der Waals surface area (Å²) in [6.45, 7) is 1.01. The van der Waals surface area contributed by atoms with Gasteiger partial charge in [-0.25, -0.2) is 0 Å². The Hall–Kier alpha value is -2.43. The lowest BCUT2D eigenvalue weighted by molar-refractivity contribution is -0.0499. The number of rotatable bonds is 3. The van der Waals surface area contributed by atoms with E-state index >= 15 is 0 Å². The molecule has 22 heavy (non-hydrogen) atoms. The summed E-state index contributed by atoms with van der Waals surface area (Å²) in [5, 5.41) is 0. The highest BCUT2D eigenvalue weighted by atomic mass is 19.3. The van der Waals surface area contributed by atoms with Crippen molar-refractivity contribution < 1.29 is 18.3 Å². The summed E-state index contributed by atoms with van der Waals surface area (Å²) in [5.41, 5.74) is 1.78. The number of halogens is 2. The van der Waals surface area contributed by atoms with Crippen LogP contribution in [0.1, 0.15) is 25.1 Å². The highest BCUT2D eigenvalue weighted by Crippen LogP contribution is 2.40. The van der Waals surface area contributed by atoms with Crippen molar-refractivity contribution >= 4 is 5.57 Å². The summed E-state index contributed by atoms with van der Waals surface area (Å²) in [7, 11) is 0. The van der Waals surface area contributed by atoms with E-state index in [9.17, 15) is 8.78 Å². The first-order valence-corrected chi connectivity index (χ1v) is 6.87. The summed E-state index contributed by atoms with van der Waals surface area (Å²) >= 11 is 0. The SMILES string of the molecule is CC1(C)C=C(c2ccccn2)c2cc(OC(F)F)ccc2O1. The van der Waals surface area contributed by atoms with Gasteiger partial charge < -0.3 is 9.47 Å². The van der Waals surface area contributed by atoms with Gasteiger partial charge in [0.2, 0.25) is 0 Å². The maximum Gasteiger partial charge on any atom is 0.387 e. The molecule has 2 heterocycles. The lowest BCUT2D eigenvalue weighted by Crippen LogP contribution is -2.29. The molecule has 0 N–H and O–H groups in total. The van der Waals surface area contributed by atoms with Crippen molar-refractivity contribution in [3.05, 3.63) is 59.9 Å². The van der Waals surface area contributed by atoms with Crippen LogP contribution in [-0.2, 0) is 0 Å². The minimum atomic E-state index is -2.86. The third-order valence-electron chi connectivity index (χ3n) is 3.27. The van der Waals surface area contributed by atoms with Crippen LogP contribution in [0.15, 0.2) is 48.7 Å². The molecular formula is C17H15F2NO2. The fourth-order valence-electron chi connectivity index (χ4n) is 2.46. The Labute approximate surface area is 127 Å². The van der Waals surface area contributed by atoms with Gasteiger partial charge >= 0.3 is 6.61 Å². The van der Waals surface area contributed by atoms with Gasteiger partial charge in [0.05, 0.1) is 5.69 Å². The first kappa shape index (κ1) is 14.5. The standard InChI is InChI=1S/C17H15F2NO2/c1-17(2)10-13(14-5-3-4-8-20-14)12-9-11(21-16(18)19)6-7-15(12)22-17/h3-10,16H,1-2H3. The van der Waals surface area contributed by atoms with Crippen LogP contribution >= 0.6 is 0 Å². The molecule has 0 saturated heterocycles. The number of benzene rings is 1. The molecule has 1 aromatic heterocycles. The molecule has 0 bridgehead atoms. The molecule has 0 fully saturated rings. The van der Waals surface area contributed by atoms with Gasteiger partial charge in [0.1, 0.15) is 17.1 Å². The second kappa shape index (κ2) is 5.40. The summed E-state index contributed by atoms with van der Waals surface area (Å²) in [6, 6.07) is 10.2. The topological polar surface area (TPSA) is 31.4 Å². The Morgan fingerprint density at radius 3 is 2.68 bits per heavy atom. The van der Waals surface area contributed by atoms with Crippen molar-refractivity contribution in [1.29, 1.82) is 0 Å². The molecular weight excluding hydrogens is 288 g/mol. The third kappa shape index (κ3) is 2.93. The Kier molecular flexibility index (Phi) is 3.56. The second-order valence-electron chi connectivity index (χ2n) is 5.51. The van der Waals surface area contributed by atoms with Crippen molar-refractivity contribution in [2.24, 2.45) is 0 Å². The highest BCUT2D eigenvalue weighted by Gasteiger charge is 2.28. The van der Waals surface area contributed by atoms with Gasteiger partial charge in [0.15, 0.2) is 0 Å². The van der Waals surface area contributed by atoms with Crippen molar-refractivity contribution in [2.75, 3.05) is 0 Å². The molecule has 0 atom stereocenters. The number of pyridine rings is 1. The number of hydrogen-bond acceptors (Lipinski definition) is 3. The number of fused-ring (bicyclic) bond motifs is 1. The van der Waals surface area contributed by atoms with Gasteiger partial charge in [-0.2, -0.15) is 8.78 Å². The van der Waals surface area contributed by atoms with Gasteiger partial charge in [-0.1, -0.05) is 6.07 Å². The molecule has 1 aromatic carbocycles. The number of alkyl halides is 2. The van der Waals surface area contributed by atoms with Crippen LogP contribution in [0.25, 0.3) is 5.57 Å². The number of hydrogen-bond donors (Lipinski definition) is 0. The van der Waals surface area contributed by atoms with Crippen LogP contribution in [0.2, 0.25) is 0 Å². The molecule has 5 heteroatoms. The van der Waals surface area contributed by atoms with Crippen LogP contribution in [0.3, 0.4) is 0 Å². The molecule has 0 unspecified atom stereocenters. The number of ether oxygens (including phenoxy) is 2. The molecule has 3 nitrogen and oxygen atoms in total. The van der Waals surface area contributed by atoms with E-state index in [2.05, 4.69) is 9.72 Å². The first-order chi connectivity index (χ1) is 10.4. The summed E-state index contributed by atoms with van der Waals surface area (Å²) in [5.74, 6) is 0.716. The van der Waals surface area contributed by atoms with E-state index in [1.807, 2.05) is 38.1 Å². The van der Waals surface area contributed by atoms with Crippen molar-refractivity contribution in [2.45, 2.75) is 26.1 Å². The van der Waals surface area contributed by atoms with E-state index in [1.165, 1.54) is 6.07 Å². The smallest absolute Gasteiger partial charge is 0.387 e. The average Bonchev–Trinajstić information content (AvgIpc) is 2.46. The van der Waals surface area contributed by atoms with Crippen LogP contribution < -0.4 is 9.47 Å². The van der Waals surface area contributed by atoms with Crippen molar-refractivity contribution in [3.8, 4) is 11.5 Å². The summed E-state index contributed by atoms with van der Waals surface area (Å²) < 4.78 is 35.2. The van der Waals surface area contributed by atoms with Gasteiger partial charge in [-0.3, -0.25) is 4.98 Å². The Bertz CT molecular complexity index is 712. The molecule has 0 radical (unpaired) electrons. The Morgan fingerprint density at radius 1 is 1.18 bits per heavy atom. The quantitative estimate of drug-likeness (QED) is 0.848. The van der Waals surface area contributed by atoms with E-state index in [4.69, 9.17) is 4.74 Å². The zero-order chi connectivity index (χ0) is 15.7. The van der Waals surface area contributed by atoms with Crippen LogP contribution in [0.5, 0.6) is 11.5 Å². The summed E-state index contributed by atoms with van der Waals surface area (Å²) in [4.78, 5) is 4.34. The third-order valence-corrected chi connectivity index (χ3v) is 3.27. The predicted octanol–water partition coefficient (Wildman–Crippen LogP) is 4.29. The molecule has 0 spiro atoms. The molecule has 0 aliphatic carbocycles. The Morgan fingerprint density at radius 2 is 2.00 bits per heavy atom. The van der Waals surface area contributed by atoms with Gasteiger partial charge in [0.25, 0.3) is 0 Å². The fourth-order valence-corrected chi connectivity index (χ4v) is 2.46. The average molecular weight is 303 g/mol. The van der Waals surface area contributed by atoms with E-state index in [0.29, 0.717) is 11.3 Å². The molecule has 0 saturated carbocycles. The first-order valence-electron chi connectivity index (χ1n) is 6.87. The van der Waals surface area contributed by atoms with Crippen molar-refractivity contribution in [3.63, 3.8) is 0 Å². The molecule has 1 aliphatic heterocycles. The second-order valence-corrected chi connectivity index (χ2v) is 5.51. The largest absolute Gasteiger partial charge is 0.483 e. The monoisotopic (exact) mass is 303 g/mol. The lowest BCUT2D eigenvalue weighted by Gasteiger charge is -2.31. The Balaban J connectivity index is 2.11. The zero-order valence-electron chi connectivity index (χ0n) is 12.2. The van der Waals surface area contributed by atoms with Gasteiger partial charge in [-0.15, -0.1) is 0 Å². The predicted molar refractivity (Wildman–Crippen MR) is 79.1 cm³/mol. The minimum absolute atomic E-state index is 0.0962. The lowest BCUT2D eigenvalue weighted by atomic mass is 9.92. The minimum Gasteiger partial charge on any atom is -0.483 e. The summed E-state index contributed by atoms with van der Waals surface area (Å²) in [6.07, 6.45) is 3.63. The van der Waals surface area contributed by atoms with Crippen LogP contribution in [0, 0.1) is 0 Å². The number of nitrogens with zero attached hydrogens (tertiary/aromatic N) is 1. The highest BCUT2D eigenvalue weighted by molar-refractivity contribution is 5.83. The fraction of sp³-hybridized carbons (Fsp3) is 0.235. The zero-order valence-corrected chi connectivity index (χ0v) is 12.2.